The number of rotatable bonds is 7. The zero-order chi connectivity index (χ0) is 19.2. The van der Waals surface area contributed by atoms with E-state index in [9.17, 15) is 4.79 Å². The summed E-state index contributed by atoms with van der Waals surface area (Å²) in [7, 11) is 3.21. The molecule has 0 aliphatic carbocycles. The Morgan fingerprint density at radius 1 is 1.15 bits per heavy atom. The highest BCUT2D eigenvalue weighted by atomic mass is 35.5. The van der Waals surface area contributed by atoms with E-state index in [0.717, 1.165) is 30.0 Å². The Hall–Kier alpha value is -2.40. The quantitative estimate of drug-likeness (QED) is 0.757. The standard InChI is InChI=1S/C21H25ClN2O3/c1-26-19-7-5-6-15(21(19)27-2)8-11-20(25)23-17-14-16(22)9-10-18(17)24-12-3-4-13-24/h5-7,9-10,14H,3-4,8,11-13H2,1-2H3,(H,23,25). The van der Waals surface area contributed by atoms with Crippen molar-refractivity contribution in [3.8, 4) is 11.5 Å². The van der Waals surface area contributed by atoms with Crippen molar-refractivity contribution in [3.05, 3.63) is 47.0 Å². The summed E-state index contributed by atoms with van der Waals surface area (Å²) in [6.45, 7) is 2.01. The van der Waals surface area contributed by atoms with Crippen LogP contribution in [0.5, 0.6) is 11.5 Å². The van der Waals surface area contributed by atoms with Crippen LogP contribution in [0.4, 0.5) is 11.4 Å². The molecule has 0 atom stereocenters. The van der Waals surface area contributed by atoms with Crippen LogP contribution in [0.2, 0.25) is 5.02 Å². The Bertz CT molecular complexity index is 804. The Labute approximate surface area is 165 Å². The average Bonchev–Trinajstić information content (AvgIpc) is 3.20. The fraction of sp³-hybridized carbons (Fsp3) is 0.381. The molecular weight excluding hydrogens is 364 g/mol. The number of hydrogen-bond donors (Lipinski definition) is 1. The van der Waals surface area contributed by atoms with Gasteiger partial charge in [-0.05, 0) is 49.1 Å². The van der Waals surface area contributed by atoms with E-state index in [4.69, 9.17) is 21.1 Å². The van der Waals surface area contributed by atoms with Gasteiger partial charge in [-0.1, -0.05) is 23.7 Å². The molecule has 5 nitrogen and oxygen atoms in total. The van der Waals surface area contributed by atoms with Crippen LogP contribution in [-0.4, -0.2) is 33.2 Å². The Morgan fingerprint density at radius 3 is 2.63 bits per heavy atom. The summed E-state index contributed by atoms with van der Waals surface area (Å²) in [5.74, 6) is 1.29. The van der Waals surface area contributed by atoms with Gasteiger partial charge in [0.25, 0.3) is 0 Å². The number of anilines is 2. The monoisotopic (exact) mass is 388 g/mol. The number of carbonyl (C=O) groups excluding carboxylic acids is 1. The maximum Gasteiger partial charge on any atom is 0.224 e. The van der Waals surface area contributed by atoms with Crippen molar-refractivity contribution < 1.29 is 14.3 Å². The number of carbonyl (C=O) groups is 1. The molecule has 3 rings (SSSR count). The summed E-state index contributed by atoms with van der Waals surface area (Å²) in [6, 6.07) is 11.4. The van der Waals surface area contributed by atoms with Crippen LogP contribution in [0.3, 0.4) is 0 Å². The van der Waals surface area contributed by atoms with E-state index in [2.05, 4.69) is 10.2 Å². The molecule has 1 aliphatic heterocycles. The first-order valence-corrected chi connectivity index (χ1v) is 9.54. The van der Waals surface area contributed by atoms with Gasteiger partial charge in [-0.15, -0.1) is 0 Å². The van der Waals surface area contributed by atoms with Gasteiger partial charge in [0.15, 0.2) is 11.5 Å². The molecular formula is C21H25ClN2O3. The Kier molecular flexibility index (Phi) is 6.45. The van der Waals surface area contributed by atoms with Crippen LogP contribution in [0, 0.1) is 0 Å². The van der Waals surface area contributed by atoms with Gasteiger partial charge in [-0.2, -0.15) is 0 Å². The highest BCUT2D eigenvalue weighted by molar-refractivity contribution is 6.31. The van der Waals surface area contributed by atoms with Crippen molar-refractivity contribution in [1.82, 2.24) is 0 Å². The van der Waals surface area contributed by atoms with Crippen LogP contribution < -0.4 is 19.7 Å². The predicted molar refractivity (Wildman–Crippen MR) is 109 cm³/mol. The van der Waals surface area contributed by atoms with Gasteiger partial charge in [0.1, 0.15) is 0 Å². The number of halogens is 1. The molecule has 1 heterocycles. The Morgan fingerprint density at radius 2 is 1.93 bits per heavy atom. The van der Waals surface area contributed by atoms with Crippen molar-refractivity contribution in [2.24, 2.45) is 0 Å². The second kappa shape index (κ2) is 9.00. The minimum Gasteiger partial charge on any atom is -0.493 e. The molecule has 0 saturated carbocycles. The number of benzene rings is 2. The highest BCUT2D eigenvalue weighted by Crippen LogP contribution is 2.33. The lowest BCUT2D eigenvalue weighted by molar-refractivity contribution is -0.116. The molecule has 1 aliphatic rings. The van der Waals surface area contributed by atoms with E-state index < -0.39 is 0 Å². The van der Waals surface area contributed by atoms with Gasteiger partial charge in [0.2, 0.25) is 5.91 Å². The lowest BCUT2D eigenvalue weighted by atomic mass is 10.1. The minimum absolute atomic E-state index is 0.0532. The molecule has 6 heteroatoms. The van der Waals surface area contributed by atoms with Crippen molar-refractivity contribution in [1.29, 1.82) is 0 Å². The SMILES string of the molecule is COc1cccc(CCC(=O)Nc2cc(Cl)ccc2N2CCCC2)c1OC. The van der Waals surface area contributed by atoms with E-state index >= 15 is 0 Å². The summed E-state index contributed by atoms with van der Waals surface area (Å²) < 4.78 is 10.8. The van der Waals surface area contributed by atoms with E-state index in [1.807, 2.05) is 36.4 Å². The average molecular weight is 389 g/mol. The Balaban J connectivity index is 1.69. The summed E-state index contributed by atoms with van der Waals surface area (Å²) in [6.07, 6.45) is 3.25. The first-order valence-electron chi connectivity index (χ1n) is 9.16. The number of amides is 1. The van der Waals surface area contributed by atoms with Gasteiger partial charge < -0.3 is 19.7 Å². The van der Waals surface area contributed by atoms with Crippen LogP contribution >= 0.6 is 11.6 Å². The van der Waals surface area contributed by atoms with Crippen LogP contribution in [-0.2, 0) is 11.2 Å². The lowest BCUT2D eigenvalue weighted by Crippen LogP contribution is -2.21. The molecule has 27 heavy (non-hydrogen) atoms. The van der Waals surface area contributed by atoms with Crippen molar-refractivity contribution in [3.63, 3.8) is 0 Å². The number of ether oxygens (including phenoxy) is 2. The molecule has 1 amide bonds. The van der Waals surface area contributed by atoms with Gasteiger partial charge in [-0.25, -0.2) is 0 Å². The number of aryl methyl sites for hydroxylation is 1. The maximum absolute atomic E-state index is 12.6. The number of nitrogens with one attached hydrogen (secondary N) is 1. The minimum atomic E-state index is -0.0532. The molecule has 1 saturated heterocycles. The van der Waals surface area contributed by atoms with Crippen molar-refractivity contribution in [2.45, 2.75) is 25.7 Å². The summed E-state index contributed by atoms with van der Waals surface area (Å²) >= 11 is 6.15. The van der Waals surface area contributed by atoms with Crippen LogP contribution in [0.15, 0.2) is 36.4 Å². The molecule has 2 aromatic carbocycles. The van der Waals surface area contributed by atoms with Crippen molar-refractivity contribution >= 4 is 28.9 Å². The maximum atomic E-state index is 12.6. The molecule has 0 spiro atoms. The smallest absolute Gasteiger partial charge is 0.224 e. The fourth-order valence-corrected chi connectivity index (χ4v) is 3.63. The van der Waals surface area contributed by atoms with Gasteiger partial charge in [0, 0.05) is 24.5 Å². The van der Waals surface area contributed by atoms with E-state index in [-0.39, 0.29) is 5.91 Å². The summed E-state index contributed by atoms with van der Waals surface area (Å²) in [5.41, 5.74) is 2.74. The topological polar surface area (TPSA) is 50.8 Å². The molecule has 0 bridgehead atoms. The zero-order valence-electron chi connectivity index (χ0n) is 15.8. The largest absolute Gasteiger partial charge is 0.493 e. The van der Waals surface area contributed by atoms with Crippen LogP contribution in [0.1, 0.15) is 24.8 Å². The second-order valence-electron chi connectivity index (χ2n) is 6.56. The van der Waals surface area contributed by atoms with Gasteiger partial charge in [-0.3, -0.25) is 4.79 Å². The first kappa shape index (κ1) is 19.4. The van der Waals surface area contributed by atoms with E-state index in [0.29, 0.717) is 29.4 Å². The third kappa shape index (κ3) is 4.66. The summed E-state index contributed by atoms with van der Waals surface area (Å²) in [4.78, 5) is 14.9. The zero-order valence-corrected chi connectivity index (χ0v) is 16.5. The number of nitrogens with zero attached hydrogens (tertiary/aromatic N) is 1. The molecule has 0 aromatic heterocycles. The lowest BCUT2D eigenvalue weighted by Gasteiger charge is -2.22. The van der Waals surface area contributed by atoms with Crippen molar-refractivity contribution in [2.75, 3.05) is 37.5 Å². The van der Waals surface area contributed by atoms with Crippen LogP contribution in [0.25, 0.3) is 0 Å². The molecule has 0 radical (unpaired) electrons. The highest BCUT2D eigenvalue weighted by Gasteiger charge is 2.18. The molecule has 1 fully saturated rings. The molecule has 2 aromatic rings. The molecule has 0 unspecified atom stereocenters. The predicted octanol–water partition coefficient (Wildman–Crippen LogP) is 4.53. The normalized spacial score (nSPS) is 13.5. The van der Waals surface area contributed by atoms with Gasteiger partial charge >= 0.3 is 0 Å². The fourth-order valence-electron chi connectivity index (χ4n) is 3.45. The second-order valence-corrected chi connectivity index (χ2v) is 6.99. The van der Waals surface area contributed by atoms with Gasteiger partial charge in [0.05, 0.1) is 25.6 Å². The van der Waals surface area contributed by atoms with E-state index in [1.54, 1.807) is 14.2 Å². The molecule has 144 valence electrons. The third-order valence-corrected chi connectivity index (χ3v) is 5.02. The third-order valence-electron chi connectivity index (χ3n) is 4.79. The first-order chi connectivity index (χ1) is 13.1. The molecule has 1 N–H and O–H groups in total. The number of hydrogen-bond acceptors (Lipinski definition) is 4. The summed E-state index contributed by atoms with van der Waals surface area (Å²) in [5, 5.41) is 3.64. The number of para-hydroxylation sites is 1. The van der Waals surface area contributed by atoms with E-state index in [1.165, 1.54) is 12.8 Å². The number of methoxy groups -OCH3 is 2.